The van der Waals surface area contributed by atoms with E-state index >= 15 is 0 Å². The standard InChI is InChI=1S/C20H25N3O3/c24-13-15(25)12-23-10-8-20(9-11-23)7-6-16-17(20)21-18(22-19(16)26)14-4-2-1-3-5-14/h1-5,15,24-25H,6-13H2,(H,21,22,26). The molecule has 1 atom stereocenters. The summed E-state index contributed by atoms with van der Waals surface area (Å²) in [5.41, 5.74) is 2.70. The zero-order valence-corrected chi connectivity index (χ0v) is 14.8. The zero-order chi connectivity index (χ0) is 18.1. The summed E-state index contributed by atoms with van der Waals surface area (Å²) in [6.45, 7) is 2.00. The maximum atomic E-state index is 12.6. The van der Waals surface area contributed by atoms with Gasteiger partial charge < -0.3 is 20.1 Å². The molecule has 138 valence electrons. The lowest BCUT2D eigenvalue weighted by atomic mass is 9.76. The summed E-state index contributed by atoms with van der Waals surface area (Å²) in [5.74, 6) is 0.647. The Morgan fingerprint density at radius 3 is 2.62 bits per heavy atom. The number of H-pyrrole nitrogens is 1. The first-order chi connectivity index (χ1) is 12.6. The number of piperidine rings is 1. The highest BCUT2D eigenvalue weighted by Crippen LogP contribution is 2.44. The summed E-state index contributed by atoms with van der Waals surface area (Å²) in [6, 6.07) is 9.77. The number of aliphatic hydroxyl groups is 2. The molecule has 0 radical (unpaired) electrons. The minimum absolute atomic E-state index is 0.0103. The smallest absolute Gasteiger partial charge is 0.254 e. The fourth-order valence-corrected chi connectivity index (χ4v) is 4.39. The molecule has 1 aromatic heterocycles. The summed E-state index contributed by atoms with van der Waals surface area (Å²) in [7, 11) is 0. The minimum Gasteiger partial charge on any atom is -0.394 e. The van der Waals surface area contributed by atoms with E-state index in [1.807, 2.05) is 30.3 Å². The molecular formula is C20H25N3O3. The van der Waals surface area contributed by atoms with E-state index in [9.17, 15) is 9.90 Å². The molecule has 0 amide bonds. The third-order valence-corrected chi connectivity index (χ3v) is 5.91. The lowest BCUT2D eigenvalue weighted by Crippen LogP contribution is -2.45. The second kappa shape index (κ2) is 6.95. The van der Waals surface area contributed by atoms with Crippen LogP contribution in [-0.2, 0) is 11.8 Å². The van der Waals surface area contributed by atoms with Gasteiger partial charge in [0.05, 0.1) is 18.4 Å². The van der Waals surface area contributed by atoms with Gasteiger partial charge in [-0.3, -0.25) is 4.79 Å². The van der Waals surface area contributed by atoms with E-state index in [1.165, 1.54) is 0 Å². The minimum atomic E-state index is -0.689. The van der Waals surface area contributed by atoms with Crippen molar-refractivity contribution in [3.63, 3.8) is 0 Å². The first-order valence-corrected chi connectivity index (χ1v) is 9.32. The summed E-state index contributed by atoms with van der Waals surface area (Å²) in [5, 5.41) is 18.7. The van der Waals surface area contributed by atoms with Crippen LogP contribution >= 0.6 is 0 Å². The van der Waals surface area contributed by atoms with Crippen LogP contribution in [0.4, 0.5) is 0 Å². The molecule has 2 heterocycles. The summed E-state index contributed by atoms with van der Waals surface area (Å²) in [6.07, 6.45) is 2.93. The molecule has 6 heteroatoms. The van der Waals surface area contributed by atoms with Crippen molar-refractivity contribution in [1.82, 2.24) is 14.9 Å². The monoisotopic (exact) mass is 355 g/mol. The van der Waals surface area contributed by atoms with Crippen LogP contribution in [0.1, 0.15) is 30.5 Å². The zero-order valence-electron chi connectivity index (χ0n) is 14.8. The van der Waals surface area contributed by atoms with Gasteiger partial charge in [0.15, 0.2) is 0 Å². The number of rotatable bonds is 4. The van der Waals surface area contributed by atoms with Crippen LogP contribution in [0.25, 0.3) is 11.4 Å². The highest BCUT2D eigenvalue weighted by atomic mass is 16.3. The Kier molecular flexibility index (Phi) is 4.65. The van der Waals surface area contributed by atoms with Crippen molar-refractivity contribution in [2.24, 2.45) is 0 Å². The second-order valence-electron chi connectivity index (χ2n) is 7.53. The number of β-amino-alcohol motifs (C(OH)–C–C–N with tert-alkyl or cyclic N) is 1. The highest BCUT2D eigenvalue weighted by molar-refractivity contribution is 5.55. The van der Waals surface area contributed by atoms with Gasteiger partial charge in [-0.05, 0) is 38.8 Å². The van der Waals surface area contributed by atoms with Crippen LogP contribution in [0.3, 0.4) is 0 Å². The predicted octanol–water partition coefficient (Wildman–Crippen LogP) is 1.07. The molecule has 4 rings (SSSR count). The van der Waals surface area contributed by atoms with Gasteiger partial charge in [-0.1, -0.05) is 30.3 Å². The largest absolute Gasteiger partial charge is 0.394 e. The Labute approximate surface area is 152 Å². The van der Waals surface area contributed by atoms with E-state index in [2.05, 4.69) is 9.88 Å². The van der Waals surface area contributed by atoms with E-state index in [0.29, 0.717) is 12.4 Å². The summed E-state index contributed by atoms with van der Waals surface area (Å²) < 4.78 is 0. The number of nitrogens with zero attached hydrogens (tertiary/aromatic N) is 2. The van der Waals surface area contributed by atoms with E-state index < -0.39 is 6.10 Å². The first kappa shape index (κ1) is 17.4. The number of nitrogens with one attached hydrogen (secondary N) is 1. The number of aromatic nitrogens is 2. The van der Waals surface area contributed by atoms with Crippen LogP contribution < -0.4 is 5.56 Å². The van der Waals surface area contributed by atoms with Crippen molar-refractivity contribution < 1.29 is 10.2 Å². The van der Waals surface area contributed by atoms with Gasteiger partial charge in [0.2, 0.25) is 0 Å². The van der Waals surface area contributed by atoms with Gasteiger partial charge in [-0.25, -0.2) is 4.98 Å². The fraction of sp³-hybridized carbons (Fsp3) is 0.500. The Bertz CT molecular complexity index is 826. The highest BCUT2D eigenvalue weighted by Gasteiger charge is 2.44. The Hall–Kier alpha value is -2.02. The molecule has 2 aromatic rings. The number of aliphatic hydroxyl groups excluding tert-OH is 2. The average Bonchev–Trinajstić information content (AvgIpc) is 3.03. The van der Waals surface area contributed by atoms with Crippen molar-refractivity contribution >= 4 is 0 Å². The number of hydrogen-bond acceptors (Lipinski definition) is 5. The van der Waals surface area contributed by atoms with E-state index in [1.54, 1.807) is 0 Å². The van der Waals surface area contributed by atoms with Crippen LogP contribution in [0.2, 0.25) is 0 Å². The fourth-order valence-electron chi connectivity index (χ4n) is 4.39. The second-order valence-corrected chi connectivity index (χ2v) is 7.53. The van der Waals surface area contributed by atoms with E-state index in [4.69, 9.17) is 10.1 Å². The molecule has 1 unspecified atom stereocenters. The maximum Gasteiger partial charge on any atom is 0.254 e. The SMILES string of the molecule is O=c1[nH]c(-c2ccccc2)nc2c1CCC21CCN(CC(O)CO)CC1. The molecule has 1 aliphatic heterocycles. The van der Waals surface area contributed by atoms with E-state index in [0.717, 1.165) is 55.6 Å². The Morgan fingerprint density at radius 2 is 1.92 bits per heavy atom. The van der Waals surface area contributed by atoms with E-state index in [-0.39, 0.29) is 17.6 Å². The number of hydrogen-bond donors (Lipinski definition) is 3. The van der Waals surface area contributed by atoms with Gasteiger partial charge in [0.25, 0.3) is 5.56 Å². The molecule has 1 fully saturated rings. The van der Waals surface area contributed by atoms with Crippen molar-refractivity contribution in [2.75, 3.05) is 26.2 Å². The van der Waals surface area contributed by atoms with Crippen LogP contribution in [0.5, 0.6) is 0 Å². The van der Waals surface area contributed by atoms with Gasteiger partial charge in [0.1, 0.15) is 5.82 Å². The molecule has 6 nitrogen and oxygen atoms in total. The number of aromatic amines is 1. The summed E-state index contributed by atoms with van der Waals surface area (Å²) in [4.78, 5) is 22.7. The van der Waals surface area contributed by atoms with Gasteiger partial charge in [-0.15, -0.1) is 0 Å². The Balaban J connectivity index is 1.62. The molecule has 2 aliphatic rings. The van der Waals surface area contributed by atoms with Crippen LogP contribution in [0, 0.1) is 0 Å². The molecular weight excluding hydrogens is 330 g/mol. The van der Waals surface area contributed by atoms with Gasteiger partial charge >= 0.3 is 0 Å². The first-order valence-electron chi connectivity index (χ1n) is 9.32. The third kappa shape index (κ3) is 3.09. The number of fused-ring (bicyclic) bond motifs is 2. The molecule has 1 spiro atoms. The maximum absolute atomic E-state index is 12.6. The molecule has 1 aromatic carbocycles. The van der Waals surface area contributed by atoms with Crippen molar-refractivity contribution in [1.29, 1.82) is 0 Å². The third-order valence-electron chi connectivity index (χ3n) is 5.91. The topological polar surface area (TPSA) is 89.5 Å². The number of benzene rings is 1. The molecule has 1 aliphatic carbocycles. The molecule has 3 N–H and O–H groups in total. The van der Waals surface area contributed by atoms with Crippen LogP contribution in [0.15, 0.2) is 35.1 Å². The Morgan fingerprint density at radius 1 is 1.19 bits per heavy atom. The average molecular weight is 355 g/mol. The lowest BCUT2D eigenvalue weighted by Gasteiger charge is -2.40. The quantitative estimate of drug-likeness (QED) is 0.763. The molecule has 0 saturated carbocycles. The summed E-state index contributed by atoms with van der Waals surface area (Å²) >= 11 is 0. The molecule has 26 heavy (non-hydrogen) atoms. The van der Waals surface area contributed by atoms with Crippen molar-refractivity contribution in [3.05, 3.63) is 51.9 Å². The van der Waals surface area contributed by atoms with Gasteiger partial charge in [-0.2, -0.15) is 0 Å². The van der Waals surface area contributed by atoms with Gasteiger partial charge in [0, 0.05) is 23.1 Å². The molecule has 0 bridgehead atoms. The van der Waals surface area contributed by atoms with Crippen LogP contribution in [-0.4, -0.2) is 57.4 Å². The molecule has 1 saturated heterocycles. The van der Waals surface area contributed by atoms with Crippen molar-refractivity contribution in [3.8, 4) is 11.4 Å². The number of likely N-dealkylation sites (tertiary alicyclic amines) is 1. The van der Waals surface area contributed by atoms with Crippen molar-refractivity contribution in [2.45, 2.75) is 37.2 Å². The predicted molar refractivity (Wildman–Crippen MR) is 99.1 cm³/mol. The normalized spacial score (nSPS) is 20.2. The lowest BCUT2D eigenvalue weighted by molar-refractivity contribution is 0.0430.